The first-order valence-corrected chi connectivity index (χ1v) is 4.93. The topological polar surface area (TPSA) is 42.4 Å². The van der Waals surface area contributed by atoms with Crippen molar-refractivity contribution in [3.05, 3.63) is 24.4 Å². The Morgan fingerprint density at radius 1 is 1.53 bits per heavy atom. The molecule has 0 unspecified atom stereocenters. The summed E-state index contributed by atoms with van der Waals surface area (Å²) in [6.07, 6.45) is 2.99. The molecule has 1 aromatic heterocycles. The van der Waals surface area contributed by atoms with Crippen LogP contribution in [0.4, 0.5) is 5.82 Å². The quantitative estimate of drug-likeness (QED) is 0.687. The number of anilines is 1. The van der Waals surface area contributed by atoms with Crippen molar-refractivity contribution in [1.29, 1.82) is 0 Å². The van der Waals surface area contributed by atoms with E-state index in [1.165, 1.54) is 7.11 Å². The minimum atomic E-state index is -0.163. The van der Waals surface area contributed by atoms with Crippen molar-refractivity contribution >= 4 is 11.8 Å². The van der Waals surface area contributed by atoms with E-state index >= 15 is 0 Å². The summed E-state index contributed by atoms with van der Waals surface area (Å²) < 4.78 is 4.56. The van der Waals surface area contributed by atoms with Crippen LogP contribution in [0.15, 0.2) is 24.4 Å². The number of rotatable bonds is 5. The molecule has 4 nitrogen and oxygen atoms in total. The van der Waals surface area contributed by atoms with Gasteiger partial charge in [0.1, 0.15) is 5.82 Å². The van der Waals surface area contributed by atoms with Crippen molar-refractivity contribution in [3.63, 3.8) is 0 Å². The van der Waals surface area contributed by atoms with Crippen molar-refractivity contribution in [2.75, 3.05) is 25.6 Å². The van der Waals surface area contributed by atoms with Crippen molar-refractivity contribution in [1.82, 2.24) is 4.98 Å². The molecule has 0 saturated carbocycles. The molecular formula is C11H16N2O2. The molecule has 0 radical (unpaired) electrons. The van der Waals surface area contributed by atoms with Crippen LogP contribution in [0.3, 0.4) is 0 Å². The maximum absolute atomic E-state index is 10.9. The molecule has 1 aromatic rings. The van der Waals surface area contributed by atoms with Crippen LogP contribution in [0.2, 0.25) is 0 Å². The third-order valence-corrected chi connectivity index (χ3v) is 2.14. The molecule has 0 N–H and O–H groups in total. The highest BCUT2D eigenvalue weighted by Crippen LogP contribution is 2.07. The Morgan fingerprint density at radius 2 is 2.33 bits per heavy atom. The van der Waals surface area contributed by atoms with E-state index in [4.69, 9.17) is 0 Å². The zero-order valence-corrected chi connectivity index (χ0v) is 9.14. The molecular weight excluding hydrogens is 192 g/mol. The predicted molar refractivity (Wildman–Crippen MR) is 58.8 cm³/mol. The van der Waals surface area contributed by atoms with Gasteiger partial charge < -0.3 is 9.64 Å². The Hall–Kier alpha value is -1.58. The van der Waals surface area contributed by atoms with Crippen molar-refractivity contribution in [2.24, 2.45) is 0 Å². The molecule has 0 aliphatic rings. The molecule has 0 atom stereocenters. The summed E-state index contributed by atoms with van der Waals surface area (Å²) in [4.78, 5) is 17.1. The van der Waals surface area contributed by atoms with Crippen molar-refractivity contribution in [2.45, 2.75) is 12.8 Å². The summed E-state index contributed by atoms with van der Waals surface area (Å²) in [7, 11) is 3.37. The molecule has 0 fully saturated rings. The number of pyridine rings is 1. The first-order valence-electron chi connectivity index (χ1n) is 4.93. The van der Waals surface area contributed by atoms with Gasteiger partial charge in [-0.25, -0.2) is 4.98 Å². The number of carbonyl (C=O) groups excluding carboxylic acids is 1. The van der Waals surface area contributed by atoms with Crippen LogP contribution in [0.5, 0.6) is 0 Å². The second-order valence-corrected chi connectivity index (χ2v) is 3.29. The molecule has 4 heteroatoms. The van der Waals surface area contributed by atoms with Crippen LogP contribution in [-0.2, 0) is 9.53 Å². The van der Waals surface area contributed by atoms with Gasteiger partial charge in [0.25, 0.3) is 0 Å². The van der Waals surface area contributed by atoms with Crippen LogP contribution >= 0.6 is 0 Å². The Bertz CT molecular complexity index is 301. The molecule has 15 heavy (non-hydrogen) atoms. The van der Waals surface area contributed by atoms with Crippen molar-refractivity contribution < 1.29 is 9.53 Å². The van der Waals surface area contributed by atoms with E-state index in [0.29, 0.717) is 6.42 Å². The molecule has 0 spiro atoms. The molecule has 0 bridgehead atoms. The van der Waals surface area contributed by atoms with Crippen LogP contribution in [0, 0.1) is 0 Å². The van der Waals surface area contributed by atoms with E-state index in [0.717, 1.165) is 18.8 Å². The maximum Gasteiger partial charge on any atom is 0.305 e. The fourth-order valence-corrected chi connectivity index (χ4v) is 1.26. The van der Waals surface area contributed by atoms with E-state index in [9.17, 15) is 4.79 Å². The number of hydrogen-bond acceptors (Lipinski definition) is 4. The van der Waals surface area contributed by atoms with Crippen LogP contribution in [-0.4, -0.2) is 31.7 Å². The minimum absolute atomic E-state index is 0.163. The van der Waals surface area contributed by atoms with Gasteiger partial charge in [-0.2, -0.15) is 0 Å². The number of esters is 1. The summed E-state index contributed by atoms with van der Waals surface area (Å²) >= 11 is 0. The number of nitrogens with zero attached hydrogens (tertiary/aromatic N) is 2. The SMILES string of the molecule is COC(=O)CCCN(C)c1ccccn1. The minimum Gasteiger partial charge on any atom is -0.469 e. The molecule has 0 saturated heterocycles. The maximum atomic E-state index is 10.9. The first kappa shape index (κ1) is 11.5. The van der Waals surface area contributed by atoms with E-state index < -0.39 is 0 Å². The lowest BCUT2D eigenvalue weighted by molar-refractivity contribution is -0.140. The van der Waals surface area contributed by atoms with E-state index in [1.807, 2.05) is 30.1 Å². The van der Waals surface area contributed by atoms with Crippen LogP contribution in [0.25, 0.3) is 0 Å². The fraction of sp³-hybridized carbons (Fsp3) is 0.455. The summed E-state index contributed by atoms with van der Waals surface area (Å²) in [5, 5.41) is 0. The van der Waals surface area contributed by atoms with E-state index in [1.54, 1.807) is 6.20 Å². The average Bonchev–Trinajstić information content (AvgIpc) is 2.29. The van der Waals surface area contributed by atoms with E-state index in [-0.39, 0.29) is 5.97 Å². The monoisotopic (exact) mass is 208 g/mol. The third kappa shape index (κ3) is 3.97. The second-order valence-electron chi connectivity index (χ2n) is 3.29. The molecule has 0 aliphatic heterocycles. The van der Waals surface area contributed by atoms with Gasteiger partial charge in [-0.1, -0.05) is 6.07 Å². The Kier molecular flexibility index (Phi) is 4.60. The van der Waals surface area contributed by atoms with Gasteiger partial charge >= 0.3 is 5.97 Å². The third-order valence-electron chi connectivity index (χ3n) is 2.14. The molecule has 1 heterocycles. The number of ether oxygens (including phenoxy) is 1. The Morgan fingerprint density at radius 3 is 2.93 bits per heavy atom. The van der Waals surface area contributed by atoms with Gasteiger partial charge in [0, 0.05) is 26.2 Å². The standard InChI is InChI=1S/C11H16N2O2/c1-13(9-5-7-11(14)15-2)10-6-3-4-8-12-10/h3-4,6,8H,5,7,9H2,1-2H3. The second kappa shape index (κ2) is 6.01. The van der Waals surface area contributed by atoms with Gasteiger partial charge in [0.05, 0.1) is 7.11 Å². The smallest absolute Gasteiger partial charge is 0.305 e. The number of methoxy groups -OCH3 is 1. The lowest BCUT2D eigenvalue weighted by Gasteiger charge is -2.17. The summed E-state index contributed by atoms with van der Waals surface area (Å²) in [6, 6.07) is 5.77. The average molecular weight is 208 g/mol. The van der Waals surface area contributed by atoms with Crippen LogP contribution in [0.1, 0.15) is 12.8 Å². The van der Waals surface area contributed by atoms with Gasteiger partial charge in [-0.3, -0.25) is 4.79 Å². The Labute approximate surface area is 89.9 Å². The van der Waals surface area contributed by atoms with E-state index in [2.05, 4.69) is 9.72 Å². The lowest BCUT2D eigenvalue weighted by atomic mass is 10.3. The zero-order valence-electron chi connectivity index (χ0n) is 9.14. The van der Waals surface area contributed by atoms with Gasteiger partial charge in [0.2, 0.25) is 0 Å². The molecule has 0 amide bonds. The Balaban J connectivity index is 2.31. The molecule has 1 rings (SSSR count). The van der Waals surface area contributed by atoms with Gasteiger partial charge in [0.15, 0.2) is 0 Å². The summed E-state index contributed by atoms with van der Waals surface area (Å²) in [5.74, 6) is 0.756. The van der Waals surface area contributed by atoms with Gasteiger partial charge in [-0.05, 0) is 18.6 Å². The van der Waals surface area contributed by atoms with Gasteiger partial charge in [-0.15, -0.1) is 0 Å². The first-order chi connectivity index (χ1) is 7.24. The predicted octanol–water partition coefficient (Wildman–Crippen LogP) is 1.47. The summed E-state index contributed by atoms with van der Waals surface area (Å²) in [5.41, 5.74) is 0. The number of hydrogen-bond donors (Lipinski definition) is 0. The summed E-state index contributed by atoms with van der Waals surface area (Å²) in [6.45, 7) is 0.798. The number of aromatic nitrogens is 1. The van der Waals surface area contributed by atoms with Crippen LogP contribution < -0.4 is 4.90 Å². The molecule has 0 aliphatic carbocycles. The number of carbonyl (C=O) groups is 1. The highest BCUT2D eigenvalue weighted by Gasteiger charge is 2.03. The van der Waals surface area contributed by atoms with Crippen molar-refractivity contribution in [3.8, 4) is 0 Å². The molecule has 82 valence electrons. The highest BCUT2D eigenvalue weighted by atomic mass is 16.5. The largest absolute Gasteiger partial charge is 0.469 e. The highest BCUT2D eigenvalue weighted by molar-refractivity contribution is 5.69. The fourth-order valence-electron chi connectivity index (χ4n) is 1.26. The lowest BCUT2D eigenvalue weighted by Crippen LogP contribution is -2.20. The molecule has 0 aromatic carbocycles. The normalized spacial score (nSPS) is 9.73. The zero-order chi connectivity index (χ0) is 11.1.